The number of halogens is 1. The van der Waals surface area contributed by atoms with E-state index in [4.69, 9.17) is 10.7 Å². The van der Waals surface area contributed by atoms with Crippen molar-refractivity contribution in [3.8, 4) is 0 Å². The largest absolute Gasteiger partial charge is 0.304 e. The van der Waals surface area contributed by atoms with E-state index in [9.17, 15) is 0 Å². The van der Waals surface area contributed by atoms with Crippen LogP contribution in [0.2, 0.25) is 0 Å². The highest BCUT2D eigenvalue weighted by molar-refractivity contribution is 8.19. The summed E-state index contributed by atoms with van der Waals surface area (Å²) in [5, 5.41) is 0. The number of likely N-dealkylation sites (N-methyl/N-ethyl adjacent to an activating group) is 1. The van der Waals surface area contributed by atoms with E-state index in [1.165, 1.54) is 11.2 Å². The van der Waals surface area contributed by atoms with Gasteiger partial charge >= 0.3 is 0 Å². The highest BCUT2D eigenvalue weighted by Gasteiger charge is 2.12. The van der Waals surface area contributed by atoms with E-state index in [0.29, 0.717) is 0 Å². The Balaban J connectivity index is 0.000000461. The van der Waals surface area contributed by atoms with Crippen LogP contribution < -0.4 is 0 Å². The van der Waals surface area contributed by atoms with Gasteiger partial charge in [0.1, 0.15) is 0 Å². The van der Waals surface area contributed by atoms with E-state index in [-0.39, 0.29) is 0 Å². The molecule has 4 heteroatoms. The smallest absolute Gasteiger partial charge is 0.0308 e. The molecule has 0 aromatic rings. The molecule has 1 rings (SSSR count). The van der Waals surface area contributed by atoms with Crippen LogP contribution in [0.1, 0.15) is 13.8 Å². The van der Waals surface area contributed by atoms with Crippen molar-refractivity contribution in [1.29, 1.82) is 0 Å². The first-order valence-electron chi connectivity index (χ1n) is 4.05. The van der Waals surface area contributed by atoms with E-state index < -0.39 is 0 Å². The van der Waals surface area contributed by atoms with Crippen LogP contribution in [0, 0.1) is 0 Å². The van der Waals surface area contributed by atoms with Crippen molar-refractivity contribution in [2.45, 2.75) is 13.8 Å². The monoisotopic (exact) mass is 196 g/mol. The van der Waals surface area contributed by atoms with Gasteiger partial charge in [-0.05, 0) is 17.7 Å². The lowest BCUT2D eigenvalue weighted by Gasteiger charge is -2.29. The van der Waals surface area contributed by atoms with Gasteiger partial charge in [0.05, 0.1) is 0 Å². The van der Waals surface area contributed by atoms with Gasteiger partial charge in [-0.1, -0.05) is 13.8 Å². The van der Waals surface area contributed by atoms with Crippen molar-refractivity contribution < 1.29 is 0 Å². The van der Waals surface area contributed by atoms with Gasteiger partial charge in [-0.3, -0.25) is 0 Å². The summed E-state index contributed by atoms with van der Waals surface area (Å²) in [5.74, 6) is 0. The van der Waals surface area contributed by atoms with Crippen molar-refractivity contribution in [3.05, 3.63) is 0 Å². The van der Waals surface area contributed by atoms with Crippen LogP contribution in [0.5, 0.6) is 0 Å². The van der Waals surface area contributed by atoms with E-state index >= 15 is 0 Å². The van der Waals surface area contributed by atoms with E-state index in [1.54, 1.807) is 0 Å². The van der Waals surface area contributed by atoms with Crippen molar-refractivity contribution in [3.63, 3.8) is 0 Å². The average Bonchev–Trinajstić information content (AvgIpc) is 2.10. The molecule has 0 aromatic heterocycles. The third kappa shape index (κ3) is 4.90. The molecule has 0 radical (unpaired) electrons. The Kier molecular flexibility index (Phi) is 7.59. The third-order valence-corrected chi connectivity index (χ3v) is 2.71. The predicted octanol–water partition coefficient (Wildman–Crippen LogP) is 2.06. The first-order chi connectivity index (χ1) is 5.33. The molecule has 11 heavy (non-hydrogen) atoms. The quantitative estimate of drug-likeness (QED) is 0.593. The third-order valence-electron chi connectivity index (χ3n) is 1.56. The first-order valence-corrected chi connectivity index (χ1v) is 5.65. The van der Waals surface area contributed by atoms with E-state index in [0.717, 1.165) is 26.2 Å². The molecular weight excluding hydrogens is 180 g/mol. The molecule has 0 N–H and O–H groups in total. The summed E-state index contributed by atoms with van der Waals surface area (Å²) in [4.78, 5) is 2.31. The summed E-state index contributed by atoms with van der Waals surface area (Å²) in [6.45, 7) is 8.45. The molecule has 0 saturated carbocycles. The van der Waals surface area contributed by atoms with E-state index in [1.807, 2.05) is 13.8 Å². The molecule has 1 fully saturated rings. The normalized spacial score (nSPS) is 20.7. The summed E-state index contributed by atoms with van der Waals surface area (Å²) in [6.07, 6.45) is 0. The summed E-state index contributed by atoms with van der Waals surface area (Å²) >= 11 is 1.33. The summed E-state index contributed by atoms with van der Waals surface area (Å²) in [7, 11) is 7.69. The van der Waals surface area contributed by atoms with Gasteiger partial charge in [-0.2, -0.15) is 0 Å². The maximum absolute atomic E-state index is 5.55. The molecule has 1 aliphatic rings. The Labute approximate surface area is 78.5 Å². The van der Waals surface area contributed by atoms with Gasteiger partial charge in [0.15, 0.2) is 0 Å². The summed E-state index contributed by atoms with van der Waals surface area (Å²) < 4.78 is 2.17. The van der Waals surface area contributed by atoms with Crippen LogP contribution in [-0.2, 0) is 0 Å². The summed E-state index contributed by atoms with van der Waals surface area (Å²) in [6, 6.07) is 0. The second-order valence-electron chi connectivity index (χ2n) is 2.30. The van der Waals surface area contributed by atoms with Crippen LogP contribution in [0.3, 0.4) is 0 Å². The number of hydrogen-bond acceptors (Lipinski definition) is 3. The zero-order chi connectivity index (χ0) is 8.69. The molecule has 0 unspecified atom stereocenters. The summed E-state index contributed by atoms with van der Waals surface area (Å²) in [5.41, 5.74) is 0. The highest BCUT2D eigenvalue weighted by atomic mass is 35.7. The molecule has 0 bridgehead atoms. The maximum Gasteiger partial charge on any atom is 0.0308 e. The molecule has 0 spiro atoms. The van der Waals surface area contributed by atoms with Gasteiger partial charge in [0.2, 0.25) is 0 Å². The predicted molar refractivity (Wildman–Crippen MR) is 53.9 cm³/mol. The SMILES string of the molecule is CC.CN1CCN(SCl)CC1. The standard InChI is InChI=1S/C5H11ClN2S.C2H6/c1-7-2-4-8(9-6)5-3-7;1-2/h2-5H2,1H3;1-2H3. The molecule has 0 aliphatic carbocycles. The van der Waals surface area contributed by atoms with Crippen LogP contribution in [-0.4, -0.2) is 42.4 Å². The second-order valence-corrected chi connectivity index (χ2v) is 3.37. The lowest BCUT2D eigenvalue weighted by molar-refractivity contribution is 0.234. The Bertz CT molecular complexity index is 84.5. The Hall–Kier alpha value is 0.560. The fourth-order valence-electron chi connectivity index (χ4n) is 0.857. The van der Waals surface area contributed by atoms with Crippen molar-refractivity contribution in [2.24, 2.45) is 0 Å². The topological polar surface area (TPSA) is 6.48 Å². The minimum atomic E-state index is 1.09. The fraction of sp³-hybridized carbons (Fsp3) is 1.00. The minimum Gasteiger partial charge on any atom is -0.304 e. The van der Waals surface area contributed by atoms with Crippen molar-refractivity contribution in [1.82, 2.24) is 9.21 Å². The zero-order valence-corrected chi connectivity index (χ0v) is 9.08. The van der Waals surface area contributed by atoms with Gasteiger partial charge in [0.25, 0.3) is 0 Å². The van der Waals surface area contributed by atoms with Gasteiger partial charge < -0.3 is 4.90 Å². The highest BCUT2D eigenvalue weighted by Crippen LogP contribution is 2.15. The van der Waals surface area contributed by atoms with E-state index in [2.05, 4.69) is 16.3 Å². The molecule has 0 aromatic carbocycles. The number of rotatable bonds is 1. The molecule has 0 atom stereocenters. The van der Waals surface area contributed by atoms with Crippen molar-refractivity contribution in [2.75, 3.05) is 33.2 Å². The molecule has 1 aliphatic heterocycles. The Morgan fingerprint density at radius 2 is 1.55 bits per heavy atom. The molecular formula is C7H17ClN2S. The lowest BCUT2D eigenvalue weighted by atomic mass is 10.4. The van der Waals surface area contributed by atoms with Gasteiger partial charge in [-0.25, -0.2) is 4.31 Å². The number of hydrogen-bond donors (Lipinski definition) is 0. The van der Waals surface area contributed by atoms with Crippen LogP contribution in [0.25, 0.3) is 0 Å². The number of nitrogens with zero attached hydrogens (tertiary/aromatic N) is 2. The fourth-order valence-corrected chi connectivity index (χ4v) is 1.57. The van der Waals surface area contributed by atoms with Crippen LogP contribution in [0.15, 0.2) is 0 Å². The van der Waals surface area contributed by atoms with Crippen LogP contribution >= 0.6 is 21.8 Å². The first kappa shape index (κ1) is 11.6. The molecule has 68 valence electrons. The van der Waals surface area contributed by atoms with Gasteiger partial charge in [0, 0.05) is 37.3 Å². The zero-order valence-electron chi connectivity index (χ0n) is 7.51. The Morgan fingerprint density at radius 3 is 1.91 bits per heavy atom. The molecule has 1 heterocycles. The lowest BCUT2D eigenvalue weighted by Crippen LogP contribution is -2.40. The minimum absolute atomic E-state index is 1.09. The maximum atomic E-state index is 5.55. The molecule has 2 nitrogen and oxygen atoms in total. The average molecular weight is 197 g/mol. The molecule has 0 amide bonds. The second kappa shape index (κ2) is 7.22. The number of piperazine rings is 1. The van der Waals surface area contributed by atoms with Gasteiger partial charge in [-0.15, -0.1) is 0 Å². The van der Waals surface area contributed by atoms with Crippen LogP contribution in [0.4, 0.5) is 0 Å². The van der Waals surface area contributed by atoms with Crippen molar-refractivity contribution >= 4 is 21.8 Å². The Morgan fingerprint density at radius 1 is 1.09 bits per heavy atom. The molecule has 1 saturated heterocycles.